The second kappa shape index (κ2) is 5.52. The van der Waals surface area contributed by atoms with E-state index in [0.29, 0.717) is 0 Å². The first-order chi connectivity index (χ1) is 9.70. The van der Waals surface area contributed by atoms with E-state index in [9.17, 15) is 4.79 Å². The van der Waals surface area contributed by atoms with Gasteiger partial charge in [0.05, 0.1) is 10.7 Å². The number of rotatable bonds is 4. The normalized spacial score (nSPS) is 14.5. The second-order valence-corrected chi connectivity index (χ2v) is 6.16. The van der Waals surface area contributed by atoms with E-state index in [2.05, 4.69) is 40.1 Å². The van der Waals surface area contributed by atoms with Crippen LogP contribution in [0.5, 0.6) is 0 Å². The molecule has 1 aliphatic rings. The number of hydrogen-bond donors (Lipinski definition) is 0. The Balaban J connectivity index is 1.86. The van der Waals surface area contributed by atoms with Crippen LogP contribution in [0, 0.1) is 5.92 Å². The molecule has 0 unspecified atom stereocenters. The van der Waals surface area contributed by atoms with Crippen molar-refractivity contribution in [3.63, 3.8) is 0 Å². The smallest absolute Gasteiger partial charge is 0.185 e. The highest BCUT2D eigenvalue weighted by molar-refractivity contribution is 9.10. The van der Waals surface area contributed by atoms with Gasteiger partial charge in [-0.05, 0) is 46.3 Å². The molecule has 3 nitrogen and oxygen atoms in total. The summed E-state index contributed by atoms with van der Waals surface area (Å²) >= 11 is 3.47. The summed E-state index contributed by atoms with van der Waals surface area (Å²) < 4.78 is 2.64. The number of aryl methyl sites for hydroxylation is 1. The molecule has 1 heterocycles. The molecule has 4 heteroatoms. The van der Waals surface area contributed by atoms with Crippen molar-refractivity contribution in [1.82, 2.24) is 9.78 Å². The lowest BCUT2D eigenvalue weighted by atomic mass is 9.98. The Labute approximate surface area is 127 Å². The van der Waals surface area contributed by atoms with E-state index in [1.54, 1.807) is 6.20 Å². The maximum atomic E-state index is 12.8. The zero-order chi connectivity index (χ0) is 14.1. The Morgan fingerprint density at radius 1 is 1.35 bits per heavy atom. The molecular weight excluding hydrogens is 316 g/mol. The molecule has 1 aromatic heterocycles. The van der Waals surface area contributed by atoms with Gasteiger partial charge in [0.15, 0.2) is 5.78 Å². The first-order valence-electron chi connectivity index (χ1n) is 7.03. The molecule has 3 rings (SSSR count). The van der Waals surface area contributed by atoms with Crippen molar-refractivity contribution in [1.29, 1.82) is 0 Å². The van der Waals surface area contributed by atoms with Crippen molar-refractivity contribution < 1.29 is 4.79 Å². The predicted molar refractivity (Wildman–Crippen MR) is 81.9 cm³/mol. The number of carbonyl (C=O) groups is 1. The van der Waals surface area contributed by atoms with Crippen molar-refractivity contribution >= 4 is 21.7 Å². The Morgan fingerprint density at radius 2 is 2.00 bits per heavy atom. The fraction of sp³-hybridized carbons (Fsp3) is 0.375. The van der Waals surface area contributed by atoms with Gasteiger partial charge < -0.3 is 0 Å². The fourth-order valence-corrected chi connectivity index (χ4v) is 3.42. The molecule has 0 bridgehead atoms. The Morgan fingerprint density at radius 3 is 2.60 bits per heavy atom. The van der Waals surface area contributed by atoms with Gasteiger partial charge in [-0.15, -0.1) is 0 Å². The van der Waals surface area contributed by atoms with E-state index in [4.69, 9.17) is 0 Å². The van der Waals surface area contributed by atoms with Crippen LogP contribution in [0.2, 0.25) is 0 Å². The number of fused-ring (bicyclic) bond motifs is 1. The van der Waals surface area contributed by atoms with Gasteiger partial charge in [0.25, 0.3) is 0 Å². The van der Waals surface area contributed by atoms with Crippen LogP contribution in [0.15, 0.2) is 34.9 Å². The van der Waals surface area contributed by atoms with Gasteiger partial charge in [-0.2, -0.15) is 5.10 Å². The number of nitrogens with zero attached hydrogens (tertiary/aromatic N) is 2. The van der Waals surface area contributed by atoms with Crippen LogP contribution in [0.4, 0.5) is 0 Å². The summed E-state index contributed by atoms with van der Waals surface area (Å²) in [7, 11) is 0. The quantitative estimate of drug-likeness (QED) is 0.801. The standard InChI is InChI=1S/C16H17BrN2O/c1-2-7-19-15(14(17)10-18-19)16(20)13-8-11-5-3-4-6-12(11)9-13/h3-6,10,13H,2,7-9H2,1H3. The average molecular weight is 333 g/mol. The van der Waals surface area contributed by atoms with Gasteiger partial charge in [0.2, 0.25) is 0 Å². The molecule has 0 radical (unpaired) electrons. The van der Waals surface area contributed by atoms with Crippen molar-refractivity contribution in [2.24, 2.45) is 5.92 Å². The zero-order valence-electron chi connectivity index (χ0n) is 11.5. The molecule has 1 aromatic carbocycles. The molecule has 0 fully saturated rings. The highest BCUT2D eigenvalue weighted by Crippen LogP contribution is 2.30. The van der Waals surface area contributed by atoms with Crippen molar-refractivity contribution in [2.75, 3.05) is 0 Å². The Hall–Kier alpha value is -1.42. The maximum absolute atomic E-state index is 12.8. The van der Waals surface area contributed by atoms with E-state index in [1.807, 2.05) is 16.8 Å². The van der Waals surface area contributed by atoms with Gasteiger partial charge >= 0.3 is 0 Å². The van der Waals surface area contributed by atoms with Crippen LogP contribution in [-0.2, 0) is 19.4 Å². The van der Waals surface area contributed by atoms with E-state index in [1.165, 1.54) is 11.1 Å². The van der Waals surface area contributed by atoms with Crippen LogP contribution >= 0.6 is 15.9 Å². The molecule has 0 amide bonds. The molecule has 0 saturated carbocycles. The highest BCUT2D eigenvalue weighted by atomic mass is 79.9. The summed E-state index contributed by atoms with van der Waals surface area (Å²) in [4.78, 5) is 12.8. The molecule has 0 saturated heterocycles. The molecule has 104 valence electrons. The van der Waals surface area contributed by atoms with Crippen LogP contribution in [0.1, 0.15) is 35.0 Å². The Kier molecular flexibility index (Phi) is 3.74. The largest absolute Gasteiger partial charge is 0.292 e. The van der Waals surface area contributed by atoms with Gasteiger partial charge in [-0.25, -0.2) is 0 Å². The first-order valence-corrected chi connectivity index (χ1v) is 7.82. The second-order valence-electron chi connectivity index (χ2n) is 5.30. The minimum atomic E-state index is 0.0519. The summed E-state index contributed by atoms with van der Waals surface area (Å²) in [6, 6.07) is 8.34. The zero-order valence-corrected chi connectivity index (χ0v) is 13.1. The molecule has 0 spiro atoms. The third-order valence-electron chi connectivity index (χ3n) is 3.89. The predicted octanol–water partition coefficient (Wildman–Crippen LogP) is 3.65. The lowest BCUT2D eigenvalue weighted by Gasteiger charge is -2.10. The van der Waals surface area contributed by atoms with E-state index in [0.717, 1.165) is 36.0 Å². The number of ketones is 1. The molecular formula is C16H17BrN2O. The molecule has 20 heavy (non-hydrogen) atoms. The van der Waals surface area contributed by atoms with Crippen LogP contribution in [0.3, 0.4) is 0 Å². The number of benzene rings is 1. The summed E-state index contributed by atoms with van der Waals surface area (Å²) in [5, 5.41) is 4.30. The molecule has 0 aliphatic heterocycles. The SMILES string of the molecule is CCCn1ncc(Br)c1C(=O)C1Cc2ccccc2C1. The average Bonchev–Trinajstić information content (AvgIpc) is 3.02. The van der Waals surface area contributed by atoms with E-state index in [-0.39, 0.29) is 11.7 Å². The summed E-state index contributed by atoms with van der Waals surface area (Å²) in [5.74, 6) is 0.259. The number of aromatic nitrogens is 2. The lowest BCUT2D eigenvalue weighted by Crippen LogP contribution is -2.20. The van der Waals surface area contributed by atoms with Gasteiger partial charge in [0, 0.05) is 12.5 Å². The van der Waals surface area contributed by atoms with Crippen molar-refractivity contribution in [3.05, 3.63) is 51.8 Å². The van der Waals surface area contributed by atoms with Crippen molar-refractivity contribution in [3.8, 4) is 0 Å². The van der Waals surface area contributed by atoms with Crippen LogP contribution < -0.4 is 0 Å². The van der Waals surface area contributed by atoms with Gasteiger partial charge in [-0.1, -0.05) is 31.2 Å². The highest BCUT2D eigenvalue weighted by Gasteiger charge is 2.30. The maximum Gasteiger partial charge on any atom is 0.185 e. The lowest BCUT2D eigenvalue weighted by molar-refractivity contribution is 0.0912. The molecule has 0 N–H and O–H groups in total. The summed E-state index contributed by atoms with van der Waals surface area (Å²) in [6.45, 7) is 2.88. The fourth-order valence-electron chi connectivity index (χ4n) is 2.93. The van der Waals surface area contributed by atoms with E-state index >= 15 is 0 Å². The Bertz CT molecular complexity index is 623. The van der Waals surface area contributed by atoms with E-state index < -0.39 is 0 Å². The third-order valence-corrected chi connectivity index (χ3v) is 4.47. The van der Waals surface area contributed by atoms with Gasteiger partial charge in [-0.3, -0.25) is 9.48 Å². The minimum absolute atomic E-state index is 0.0519. The number of hydrogen-bond acceptors (Lipinski definition) is 2. The van der Waals surface area contributed by atoms with Gasteiger partial charge in [0.1, 0.15) is 5.69 Å². The monoisotopic (exact) mass is 332 g/mol. The molecule has 2 aromatic rings. The minimum Gasteiger partial charge on any atom is -0.292 e. The number of halogens is 1. The molecule has 0 atom stereocenters. The molecule has 1 aliphatic carbocycles. The number of Topliss-reactive ketones (excluding diaryl/α,β-unsaturated/α-hetero) is 1. The third kappa shape index (κ3) is 2.33. The topological polar surface area (TPSA) is 34.9 Å². The summed E-state index contributed by atoms with van der Waals surface area (Å²) in [5.41, 5.74) is 3.34. The van der Waals surface area contributed by atoms with Crippen LogP contribution in [0.25, 0.3) is 0 Å². The summed E-state index contributed by atoms with van der Waals surface area (Å²) in [6.07, 6.45) is 4.39. The number of carbonyl (C=O) groups excluding carboxylic acids is 1. The van der Waals surface area contributed by atoms with Crippen molar-refractivity contribution in [2.45, 2.75) is 32.7 Å². The van der Waals surface area contributed by atoms with Crippen LogP contribution in [-0.4, -0.2) is 15.6 Å². The first kappa shape index (κ1) is 13.6.